The van der Waals surface area contributed by atoms with Gasteiger partial charge in [-0.05, 0) is 19.1 Å². The van der Waals surface area contributed by atoms with Gasteiger partial charge in [-0.2, -0.15) is 0 Å². The Labute approximate surface area is 133 Å². The maximum absolute atomic E-state index is 5.95. The third-order valence-electron chi connectivity index (χ3n) is 3.18. The van der Waals surface area contributed by atoms with Crippen molar-refractivity contribution >= 4 is 28.9 Å². The average molecular weight is 327 g/mol. The van der Waals surface area contributed by atoms with Gasteiger partial charge in [-0.1, -0.05) is 11.6 Å². The van der Waals surface area contributed by atoms with Crippen LogP contribution in [0.25, 0.3) is 0 Å². The minimum atomic E-state index is 0.583. The molecule has 0 saturated carbocycles. The molecule has 0 aliphatic rings. The van der Waals surface area contributed by atoms with Crippen molar-refractivity contribution in [1.29, 1.82) is 0 Å². The number of halogens is 1. The third kappa shape index (κ3) is 3.95. The molecule has 2 aromatic heterocycles. The first-order valence-electron chi connectivity index (χ1n) is 6.52. The first kappa shape index (κ1) is 15.8. The third-order valence-corrected chi connectivity index (χ3v) is 4.40. The SMILES string of the molecule is CN=C(NCc1nnc(C)n1C)N(C)Cc1ccc(Cl)s1. The lowest BCUT2D eigenvalue weighted by Crippen LogP contribution is -2.38. The number of thiophene rings is 1. The molecule has 0 aliphatic carbocycles. The van der Waals surface area contributed by atoms with E-state index in [1.807, 2.05) is 42.6 Å². The van der Waals surface area contributed by atoms with Crippen LogP contribution in [0.4, 0.5) is 0 Å². The van der Waals surface area contributed by atoms with Gasteiger partial charge < -0.3 is 14.8 Å². The molecule has 0 aliphatic heterocycles. The first-order chi connectivity index (χ1) is 10.0. The maximum atomic E-state index is 5.95. The number of aliphatic imine (C=N–C) groups is 1. The van der Waals surface area contributed by atoms with E-state index in [-0.39, 0.29) is 0 Å². The molecule has 0 fully saturated rings. The molecule has 0 spiro atoms. The molecule has 0 amide bonds. The molecule has 0 bridgehead atoms. The minimum absolute atomic E-state index is 0.583. The van der Waals surface area contributed by atoms with Crippen molar-refractivity contribution in [3.05, 3.63) is 33.0 Å². The van der Waals surface area contributed by atoms with Gasteiger partial charge in [-0.25, -0.2) is 0 Å². The van der Waals surface area contributed by atoms with Crippen LogP contribution < -0.4 is 5.32 Å². The summed E-state index contributed by atoms with van der Waals surface area (Å²) >= 11 is 7.53. The van der Waals surface area contributed by atoms with Crippen molar-refractivity contribution in [2.45, 2.75) is 20.0 Å². The minimum Gasteiger partial charge on any atom is -0.349 e. The number of nitrogens with one attached hydrogen (secondary N) is 1. The van der Waals surface area contributed by atoms with Gasteiger partial charge in [0, 0.05) is 26.0 Å². The second-order valence-corrected chi connectivity index (χ2v) is 6.48. The van der Waals surface area contributed by atoms with Crippen LogP contribution >= 0.6 is 22.9 Å². The molecule has 0 aromatic carbocycles. The van der Waals surface area contributed by atoms with Crippen LogP contribution in [-0.4, -0.2) is 39.7 Å². The molecule has 2 rings (SSSR count). The zero-order chi connectivity index (χ0) is 15.4. The molecule has 0 atom stereocenters. The fraction of sp³-hybridized carbons (Fsp3) is 0.462. The summed E-state index contributed by atoms with van der Waals surface area (Å²) in [6.07, 6.45) is 0. The monoisotopic (exact) mass is 326 g/mol. The van der Waals surface area contributed by atoms with Crippen LogP contribution in [0.5, 0.6) is 0 Å². The quantitative estimate of drug-likeness (QED) is 0.690. The highest BCUT2D eigenvalue weighted by Gasteiger charge is 2.10. The zero-order valence-corrected chi connectivity index (χ0v) is 14.2. The zero-order valence-electron chi connectivity index (χ0n) is 12.6. The van der Waals surface area contributed by atoms with E-state index in [0.29, 0.717) is 6.54 Å². The molecule has 21 heavy (non-hydrogen) atoms. The Bertz CT molecular complexity index is 632. The highest BCUT2D eigenvalue weighted by molar-refractivity contribution is 7.16. The largest absolute Gasteiger partial charge is 0.349 e. The first-order valence-corrected chi connectivity index (χ1v) is 7.71. The second kappa shape index (κ2) is 6.91. The number of aryl methyl sites for hydroxylation is 1. The summed E-state index contributed by atoms with van der Waals surface area (Å²) in [4.78, 5) is 7.53. The van der Waals surface area contributed by atoms with Crippen LogP contribution in [-0.2, 0) is 20.1 Å². The molecule has 8 heteroatoms. The van der Waals surface area contributed by atoms with Crippen LogP contribution in [0, 0.1) is 6.92 Å². The summed E-state index contributed by atoms with van der Waals surface area (Å²) in [5.41, 5.74) is 0. The summed E-state index contributed by atoms with van der Waals surface area (Å²) in [7, 11) is 5.71. The molecule has 2 aromatic rings. The topological polar surface area (TPSA) is 58.3 Å². The van der Waals surface area contributed by atoms with Gasteiger partial charge in [-0.3, -0.25) is 4.99 Å². The van der Waals surface area contributed by atoms with E-state index >= 15 is 0 Å². The Kier molecular flexibility index (Phi) is 5.19. The Morgan fingerprint density at radius 3 is 2.76 bits per heavy atom. The number of rotatable bonds is 4. The molecule has 6 nitrogen and oxygen atoms in total. The lowest BCUT2D eigenvalue weighted by molar-refractivity contribution is 0.479. The molecular formula is C13H19ClN6S. The fourth-order valence-electron chi connectivity index (χ4n) is 1.89. The number of hydrogen-bond donors (Lipinski definition) is 1. The van der Waals surface area contributed by atoms with Crippen LogP contribution in [0.15, 0.2) is 17.1 Å². The van der Waals surface area contributed by atoms with Gasteiger partial charge in [-0.15, -0.1) is 21.5 Å². The van der Waals surface area contributed by atoms with E-state index in [1.165, 1.54) is 4.88 Å². The van der Waals surface area contributed by atoms with Gasteiger partial charge in [0.15, 0.2) is 11.8 Å². The molecule has 0 radical (unpaired) electrons. The number of aromatic nitrogens is 3. The predicted octanol–water partition coefficient (Wildman–Crippen LogP) is 2.05. The highest BCUT2D eigenvalue weighted by Crippen LogP contribution is 2.22. The molecule has 0 saturated heterocycles. The van der Waals surface area contributed by atoms with Crippen molar-refractivity contribution in [1.82, 2.24) is 25.0 Å². The van der Waals surface area contributed by atoms with Crippen molar-refractivity contribution < 1.29 is 0 Å². The van der Waals surface area contributed by atoms with Crippen molar-refractivity contribution in [3.8, 4) is 0 Å². The van der Waals surface area contributed by atoms with Crippen LogP contribution in [0.2, 0.25) is 4.34 Å². The average Bonchev–Trinajstić information content (AvgIpc) is 2.99. The smallest absolute Gasteiger partial charge is 0.194 e. The molecule has 1 N–H and O–H groups in total. The van der Waals surface area contributed by atoms with Crippen LogP contribution in [0.1, 0.15) is 16.5 Å². The van der Waals surface area contributed by atoms with Crippen molar-refractivity contribution in [3.63, 3.8) is 0 Å². The normalized spacial score (nSPS) is 11.8. The van der Waals surface area contributed by atoms with E-state index in [2.05, 4.69) is 20.5 Å². The van der Waals surface area contributed by atoms with E-state index in [9.17, 15) is 0 Å². The predicted molar refractivity (Wildman–Crippen MR) is 86.7 cm³/mol. The fourth-order valence-corrected chi connectivity index (χ4v) is 3.03. The number of guanidine groups is 1. The summed E-state index contributed by atoms with van der Waals surface area (Å²) in [6, 6.07) is 3.94. The molecular weight excluding hydrogens is 308 g/mol. The summed E-state index contributed by atoms with van der Waals surface area (Å²) < 4.78 is 2.76. The van der Waals surface area contributed by atoms with Gasteiger partial charge in [0.2, 0.25) is 0 Å². The lowest BCUT2D eigenvalue weighted by Gasteiger charge is -2.21. The van der Waals surface area contributed by atoms with E-state index in [4.69, 9.17) is 11.6 Å². The lowest BCUT2D eigenvalue weighted by atomic mass is 10.4. The Balaban J connectivity index is 1.95. The van der Waals surface area contributed by atoms with Gasteiger partial charge in [0.05, 0.1) is 17.4 Å². The summed E-state index contributed by atoms with van der Waals surface area (Å²) in [6.45, 7) is 3.27. The second-order valence-electron chi connectivity index (χ2n) is 4.69. The molecule has 2 heterocycles. The Hall–Kier alpha value is -1.60. The summed E-state index contributed by atoms with van der Waals surface area (Å²) in [5, 5.41) is 11.5. The maximum Gasteiger partial charge on any atom is 0.194 e. The van der Waals surface area contributed by atoms with Crippen LogP contribution in [0.3, 0.4) is 0 Å². The standard InChI is InChI=1S/C13H19ClN6S/c1-9-17-18-12(20(9)4)7-16-13(15-2)19(3)8-10-5-6-11(14)21-10/h5-6H,7-8H2,1-4H3,(H,15,16). The molecule has 0 unspecified atom stereocenters. The molecule has 114 valence electrons. The highest BCUT2D eigenvalue weighted by atomic mass is 35.5. The Morgan fingerprint density at radius 2 is 2.24 bits per heavy atom. The van der Waals surface area contributed by atoms with E-state index < -0.39 is 0 Å². The number of hydrogen-bond acceptors (Lipinski definition) is 4. The van der Waals surface area contributed by atoms with E-state index in [0.717, 1.165) is 28.5 Å². The van der Waals surface area contributed by atoms with Crippen molar-refractivity contribution in [2.24, 2.45) is 12.0 Å². The van der Waals surface area contributed by atoms with Crippen molar-refractivity contribution in [2.75, 3.05) is 14.1 Å². The van der Waals surface area contributed by atoms with Gasteiger partial charge in [0.1, 0.15) is 5.82 Å². The number of nitrogens with zero attached hydrogens (tertiary/aromatic N) is 5. The summed E-state index contributed by atoms with van der Waals surface area (Å²) in [5.74, 6) is 2.57. The Morgan fingerprint density at radius 1 is 1.48 bits per heavy atom. The van der Waals surface area contributed by atoms with Gasteiger partial charge >= 0.3 is 0 Å². The van der Waals surface area contributed by atoms with E-state index in [1.54, 1.807) is 18.4 Å². The van der Waals surface area contributed by atoms with Gasteiger partial charge in [0.25, 0.3) is 0 Å².